The maximum atomic E-state index is 2.41. The van der Waals surface area contributed by atoms with Gasteiger partial charge in [-0.2, -0.15) is 0 Å². The van der Waals surface area contributed by atoms with Gasteiger partial charge in [-0.25, -0.2) is 0 Å². The summed E-state index contributed by atoms with van der Waals surface area (Å²) in [6, 6.07) is 87.3. The number of benzene rings is 9. The van der Waals surface area contributed by atoms with Crippen LogP contribution in [0.4, 0.5) is 68.2 Å². The summed E-state index contributed by atoms with van der Waals surface area (Å²) >= 11 is 0. The lowest BCUT2D eigenvalue weighted by Gasteiger charge is -2.34. The van der Waals surface area contributed by atoms with Gasteiger partial charge in [0, 0.05) is 68.2 Å². The van der Waals surface area contributed by atoms with E-state index >= 15 is 0 Å². The van der Waals surface area contributed by atoms with E-state index in [4.69, 9.17) is 0 Å². The van der Waals surface area contributed by atoms with Crippen LogP contribution >= 0.6 is 0 Å². The Kier molecular flexibility index (Phi) is 12.3. The van der Waals surface area contributed by atoms with Gasteiger partial charge in [0.1, 0.15) is 0 Å². The Morgan fingerprint density at radius 1 is 0.197 bits per heavy atom. The fourth-order valence-corrected chi connectivity index (χ4v) is 8.60. The molecule has 0 unspecified atom stereocenters. The molecule has 0 bridgehead atoms. The topological polar surface area (TPSA) is 13.0 Å². The number of nitrogens with zero attached hydrogens (tertiary/aromatic N) is 4. The van der Waals surface area contributed by atoms with Gasteiger partial charge in [-0.05, 0) is 149 Å². The molecule has 0 aliphatic carbocycles. The summed E-state index contributed by atoms with van der Waals surface area (Å²) < 4.78 is 0. The van der Waals surface area contributed by atoms with Crippen molar-refractivity contribution in [2.24, 2.45) is 0 Å². The molecular formula is C62H58N4. The minimum atomic E-state index is -0.138. The minimum Gasteiger partial charge on any atom is -0.310 e. The summed E-state index contributed by atoms with van der Waals surface area (Å²) in [5, 5.41) is 0. The van der Waals surface area contributed by atoms with Crippen molar-refractivity contribution >= 4 is 68.2 Å². The van der Waals surface area contributed by atoms with Gasteiger partial charge in [0.25, 0.3) is 0 Å². The number of para-hydroxylation sites is 6. The van der Waals surface area contributed by atoms with Gasteiger partial charge in [0.05, 0.1) is 0 Å². The van der Waals surface area contributed by atoms with Crippen molar-refractivity contribution in [2.75, 3.05) is 19.6 Å². The van der Waals surface area contributed by atoms with Crippen molar-refractivity contribution in [3.8, 4) is 0 Å². The van der Waals surface area contributed by atoms with Gasteiger partial charge in [-0.15, -0.1) is 0 Å². The highest BCUT2D eigenvalue weighted by atomic mass is 15.2. The highest BCUT2D eigenvalue weighted by Gasteiger charge is 2.26. The highest BCUT2D eigenvalue weighted by molar-refractivity contribution is 5.88. The smallest absolute Gasteiger partial charge is 0.0485 e. The first kappa shape index (κ1) is 43.4. The molecule has 4 heteroatoms. The standard InChI is InChI=1S/C62H58N4/c1-61(2,3)47-40-57(63(49-26-13-7-14-27-49)50-28-15-8-16-29-50)45-59(42-47)65(53-34-21-11-22-35-53)55-38-25-39-56(44-55)66(54-36-23-12-24-37-54)60-43-48(62(4,5)6)41-58(46-60)64(51-30-17-9-18-31-51)52-32-19-10-20-33-52/h7-46H,1-6H3. The molecule has 9 aromatic rings. The molecule has 0 radical (unpaired) electrons. The van der Waals surface area contributed by atoms with Gasteiger partial charge in [-0.1, -0.05) is 157 Å². The lowest BCUT2D eigenvalue weighted by molar-refractivity contribution is 0.590. The van der Waals surface area contributed by atoms with Crippen LogP contribution in [0.15, 0.2) is 243 Å². The molecule has 0 amide bonds. The normalized spacial score (nSPS) is 11.5. The van der Waals surface area contributed by atoms with E-state index in [1.54, 1.807) is 0 Å². The van der Waals surface area contributed by atoms with E-state index in [-0.39, 0.29) is 10.8 Å². The van der Waals surface area contributed by atoms with E-state index in [9.17, 15) is 0 Å². The zero-order valence-electron chi connectivity index (χ0n) is 38.9. The van der Waals surface area contributed by atoms with Crippen LogP contribution in [0.2, 0.25) is 0 Å². The van der Waals surface area contributed by atoms with E-state index in [0.717, 1.165) is 68.2 Å². The number of hydrogen-bond donors (Lipinski definition) is 0. The molecule has 0 heterocycles. The molecule has 0 N–H and O–H groups in total. The van der Waals surface area contributed by atoms with Crippen LogP contribution in [-0.2, 0) is 10.8 Å². The molecule has 0 aliphatic heterocycles. The molecule has 0 fully saturated rings. The van der Waals surface area contributed by atoms with Crippen molar-refractivity contribution in [1.82, 2.24) is 0 Å². The second kappa shape index (κ2) is 18.7. The monoisotopic (exact) mass is 858 g/mol. The molecule has 326 valence electrons. The molecule has 0 saturated carbocycles. The third-order valence-electron chi connectivity index (χ3n) is 12.0. The van der Waals surface area contributed by atoms with Gasteiger partial charge >= 0.3 is 0 Å². The van der Waals surface area contributed by atoms with Crippen molar-refractivity contribution in [2.45, 2.75) is 52.4 Å². The van der Waals surface area contributed by atoms with Crippen molar-refractivity contribution in [1.29, 1.82) is 0 Å². The lowest BCUT2D eigenvalue weighted by atomic mass is 9.86. The fraction of sp³-hybridized carbons (Fsp3) is 0.129. The predicted octanol–water partition coefficient (Wildman–Crippen LogP) is 18.2. The highest BCUT2D eigenvalue weighted by Crippen LogP contribution is 2.47. The molecule has 0 atom stereocenters. The predicted molar refractivity (Wildman–Crippen MR) is 283 cm³/mol. The average molecular weight is 859 g/mol. The van der Waals surface area contributed by atoms with E-state index < -0.39 is 0 Å². The summed E-state index contributed by atoms with van der Waals surface area (Å²) in [7, 11) is 0. The molecule has 66 heavy (non-hydrogen) atoms. The zero-order valence-corrected chi connectivity index (χ0v) is 38.9. The SMILES string of the molecule is CC(C)(C)c1cc(N(c2ccccc2)c2ccccc2)cc(N(c2ccccc2)c2cccc(N(c3ccccc3)c3cc(N(c4ccccc4)c4ccccc4)cc(C(C)(C)C)c3)c2)c1. The summed E-state index contributed by atoms with van der Waals surface area (Å²) in [6.45, 7) is 13.8. The average Bonchev–Trinajstić information content (AvgIpc) is 3.34. The third kappa shape index (κ3) is 9.50. The van der Waals surface area contributed by atoms with Crippen molar-refractivity contribution in [3.63, 3.8) is 0 Å². The zero-order chi connectivity index (χ0) is 45.7. The molecule has 4 nitrogen and oxygen atoms in total. The Labute approximate surface area is 392 Å². The summed E-state index contributed by atoms with van der Waals surface area (Å²) in [5.41, 5.74) is 15.2. The Balaban J connectivity index is 1.25. The van der Waals surface area contributed by atoms with Crippen LogP contribution in [0, 0.1) is 0 Å². The Bertz CT molecular complexity index is 2700. The quantitative estimate of drug-likeness (QED) is 0.121. The number of rotatable bonds is 12. The van der Waals surface area contributed by atoms with E-state index in [1.807, 2.05) is 0 Å². The van der Waals surface area contributed by atoms with Crippen LogP contribution in [0.3, 0.4) is 0 Å². The first-order valence-corrected chi connectivity index (χ1v) is 22.9. The van der Waals surface area contributed by atoms with Crippen LogP contribution in [0.25, 0.3) is 0 Å². The maximum absolute atomic E-state index is 2.41. The van der Waals surface area contributed by atoms with Crippen molar-refractivity contribution < 1.29 is 0 Å². The van der Waals surface area contributed by atoms with E-state index in [1.165, 1.54) is 11.1 Å². The largest absolute Gasteiger partial charge is 0.310 e. The molecule has 0 aliphatic rings. The van der Waals surface area contributed by atoms with Gasteiger partial charge in [0.2, 0.25) is 0 Å². The lowest BCUT2D eigenvalue weighted by Crippen LogP contribution is -2.18. The number of hydrogen-bond acceptors (Lipinski definition) is 4. The summed E-state index contributed by atoms with van der Waals surface area (Å²) in [5.74, 6) is 0. The second-order valence-corrected chi connectivity index (χ2v) is 18.9. The molecule has 9 rings (SSSR count). The Morgan fingerprint density at radius 3 is 0.591 bits per heavy atom. The third-order valence-corrected chi connectivity index (χ3v) is 12.0. The van der Waals surface area contributed by atoms with Crippen LogP contribution in [-0.4, -0.2) is 0 Å². The Morgan fingerprint density at radius 2 is 0.379 bits per heavy atom. The van der Waals surface area contributed by atoms with Crippen molar-refractivity contribution in [3.05, 3.63) is 254 Å². The molecule has 0 saturated heterocycles. The van der Waals surface area contributed by atoms with Crippen LogP contribution < -0.4 is 19.6 Å². The number of anilines is 12. The van der Waals surface area contributed by atoms with E-state index in [2.05, 4.69) is 304 Å². The van der Waals surface area contributed by atoms with Gasteiger partial charge in [0.15, 0.2) is 0 Å². The van der Waals surface area contributed by atoms with Crippen LogP contribution in [0.5, 0.6) is 0 Å². The maximum Gasteiger partial charge on any atom is 0.0485 e. The summed E-state index contributed by atoms with van der Waals surface area (Å²) in [4.78, 5) is 9.54. The van der Waals surface area contributed by atoms with E-state index in [0.29, 0.717) is 0 Å². The summed E-state index contributed by atoms with van der Waals surface area (Å²) in [6.07, 6.45) is 0. The first-order chi connectivity index (χ1) is 32.0. The molecular weight excluding hydrogens is 801 g/mol. The second-order valence-electron chi connectivity index (χ2n) is 18.9. The molecule has 9 aromatic carbocycles. The molecule has 0 spiro atoms. The van der Waals surface area contributed by atoms with Crippen LogP contribution in [0.1, 0.15) is 52.7 Å². The molecule has 0 aromatic heterocycles. The van der Waals surface area contributed by atoms with Gasteiger partial charge in [-0.3, -0.25) is 0 Å². The van der Waals surface area contributed by atoms with Gasteiger partial charge < -0.3 is 19.6 Å². The fourth-order valence-electron chi connectivity index (χ4n) is 8.60. The Hall–Kier alpha value is -7.82. The first-order valence-electron chi connectivity index (χ1n) is 22.9. The minimum absolute atomic E-state index is 0.138.